The summed E-state index contributed by atoms with van der Waals surface area (Å²) in [7, 11) is 1.62. The fraction of sp³-hybridized carbons (Fsp3) is 0.182. The van der Waals surface area contributed by atoms with E-state index in [0.717, 1.165) is 21.1 Å². The lowest BCUT2D eigenvalue weighted by Crippen LogP contribution is -2.44. The highest BCUT2D eigenvalue weighted by Crippen LogP contribution is 2.28. The van der Waals surface area contributed by atoms with E-state index in [2.05, 4.69) is 20.6 Å². The van der Waals surface area contributed by atoms with Crippen LogP contribution in [0.1, 0.15) is 0 Å². The molecule has 0 spiro atoms. The van der Waals surface area contributed by atoms with Crippen molar-refractivity contribution in [2.45, 2.75) is 6.17 Å². The van der Waals surface area contributed by atoms with Crippen molar-refractivity contribution >= 4 is 38.6 Å². The molecule has 1 aromatic carbocycles. The summed E-state index contributed by atoms with van der Waals surface area (Å²) in [6.07, 6.45) is 0.963. The number of hydrogen-bond acceptors (Lipinski definition) is 9. The maximum Gasteiger partial charge on any atom is 0.204 e. The second kappa shape index (κ2) is 5.04. The van der Waals surface area contributed by atoms with Gasteiger partial charge in [0.25, 0.3) is 0 Å². The first-order valence-electron chi connectivity index (χ1n) is 5.79. The van der Waals surface area contributed by atoms with Crippen LogP contribution in [0.4, 0.5) is 5.13 Å². The molecule has 8 nitrogen and oxygen atoms in total. The van der Waals surface area contributed by atoms with Crippen LogP contribution in [0.5, 0.6) is 5.75 Å². The summed E-state index contributed by atoms with van der Waals surface area (Å²) in [6, 6.07) is 5.71. The monoisotopic (exact) mass is 291 g/mol. The Balaban J connectivity index is 1.81. The molecule has 0 saturated carbocycles. The molecule has 1 atom stereocenters. The highest BCUT2D eigenvalue weighted by Gasteiger charge is 2.20. The third kappa shape index (κ3) is 2.29. The molecule has 1 aliphatic heterocycles. The molecule has 0 aliphatic carbocycles. The minimum absolute atomic E-state index is 0.544. The lowest BCUT2D eigenvalue weighted by Gasteiger charge is -2.12. The number of aromatic nitrogens is 1. The first-order chi connectivity index (χ1) is 9.67. The average Bonchev–Trinajstić information content (AvgIpc) is 3.00. The van der Waals surface area contributed by atoms with Crippen molar-refractivity contribution in [3.8, 4) is 5.75 Å². The Bertz CT molecular complexity index is 695. The van der Waals surface area contributed by atoms with Gasteiger partial charge < -0.3 is 10.5 Å². The maximum absolute atomic E-state index is 5.77. The molecule has 0 bridgehead atoms. The number of anilines is 1. The third-order valence-corrected chi connectivity index (χ3v) is 3.73. The molecule has 5 N–H and O–H groups in total. The van der Waals surface area contributed by atoms with Gasteiger partial charge in [-0.1, -0.05) is 11.3 Å². The molecule has 0 radical (unpaired) electrons. The lowest BCUT2D eigenvalue weighted by molar-refractivity contribution is 0.280. The summed E-state index contributed by atoms with van der Waals surface area (Å²) in [5.74, 6) is 6.27. The van der Waals surface area contributed by atoms with E-state index in [9.17, 15) is 0 Å². The number of hydrazine groups is 1. The van der Waals surface area contributed by atoms with Gasteiger partial charge in [0.2, 0.25) is 5.13 Å². The predicted octanol–water partition coefficient (Wildman–Crippen LogP) is 0.533. The van der Waals surface area contributed by atoms with Gasteiger partial charge in [-0.3, -0.25) is 5.43 Å². The number of hydrazone groups is 2. The van der Waals surface area contributed by atoms with Crippen LogP contribution in [0.2, 0.25) is 0 Å². The molecule has 104 valence electrons. The van der Waals surface area contributed by atoms with Gasteiger partial charge in [0.05, 0.1) is 23.5 Å². The molecular weight excluding hydrogens is 278 g/mol. The standard InChI is InChI=1S/C11H13N7OS/c1-19-6-2-3-9-7(4-6)15-11(20-9)17-16-8-5-14-18(13)10(8)12/h2-5,10H,12-13H2,1H3,(H,15,17). The van der Waals surface area contributed by atoms with Gasteiger partial charge in [0, 0.05) is 6.07 Å². The minimum atomic E-state index is -0.544. The summed E-state index contributed by atoms with van der Waals surface area (Å²) >= 11 is 1.49. The van der Waals surface area contributed by atoms with Crippen LogP contribution in [-0.2, 0) is 0 Å². The van der Waals surface area contributed by atoms with E-state index >= 15 is 0 Å². The minimum Gasteiger partial charge on any atom is -0.497 e. The first-order valence-corrected chi connectivity index (χ1v) is 6.60. The van der Waals surface area contributed by atoms with E-state index in [1.54, 1.807) is 7.11 Å². The van der Waals surface area contributed by atoms with Gasteiger partial charge in [-0.05, 0) is 12.1 Å². The highest BCUT2D eigenvalue weighted by molar-refractivity contribution is 7.22. The second-order valence-corrected chi connectivity index (χ2v) is 5.10. The number of hydrogen-bond donors (Lipinski definition) is 3. The van der Waals surface area contributed by atoms with Crippen molar-refractivity contribution in [1.29, 1.82) is 0 Å². The summed E-state index contributed by atoms with van der Waals surface area (Å²) < 4.78 is 6.20. The quantitative estimate of drug-likeness (QED) is 0.561. The van der Waals surface area contributed by atoms with E-state index in [0.29, 0.717) is 10.8 Å². The number of nitrogens with two attached hydrogens (primary N) is 2. The predicted molar refractivity (Wildman–Crippen MR) is 79.7 cm³/mol. The molecule has 1 unspecified atom stereocenters. The van der Waals surface area contributed by atoms with E-state index in [1.807, 2.05) is 18.2 Å². The number of rotatable bonds is 3. The fourth-order valence-electron chi connectivity index (χ4n) is 1.70. The summed E-state index contributed by atoms with van der Waals surface area (Å²) in [5.41, 5.74) is 10.0. The van der Waals surface area contributed by atoms with Crippen LogP contribution in [0.3, 0.4) is 0 Å². The number of benzene rings is 1. The Kier molecular flexibility index (Phi) is 3.22. The number of thiazole rings is 1. The van der Waals surface area contributed by atoms with Crippen LogP contribution in [0.15, 0.2) is 28.4 Å². The van der Waals surface area contributed by atoms with Gasteiger partial charge >= 0.3 is 0 Å². The largest absolute Gasteiger partial charge is 0.497 e. The van der Waals surface area contributed by atoms with Crippen LogP contribution in [-0.4, -0.2) is 35.3 Å². The van der Waals surface area contributed by atoms with Crippen LogP contribution in [0.25, 0.3) is 10.2 Å². The van der Waals surface area contributed by atoms with Crippen molar-refractivity contribution in [1.82, 2.24) is 10.1 Å². The van der Waals surface area contributed by atoms with Crippen LogP contribution < -0.4 is 21.7 Å². The van der Waals surface area contributed by atoms with Crippen molar-refractivity contribution in [2.24, 2.45) is 21.8 Å². The normalized spacial score (nSPS) is 20.1. The molecule has 20 heavy (non-hydrogen) atoms. The van der Waals surface area contributed by atoms with E-state index in [-0.39, 0.29) is 0 Å². The maximum atomic E-state index is 5.77. The Morgan fingerprint density at radius 3 is 3.05 bits per heavy atom. The van der Waals surface area contributed by atoms with Gasteiger partial charge in [-0.25, -0.2) is 15.9 Å². The molecule has 2 heterocycles. The van der Waals surface area contributed by atoms with Crippen LogP contribution >= 0.6 is 11.3 Å². The van der Waals surface area contributed by atoms with Crippen molar-refractivity contribution in [3.63, 3.8) is 0 Å². The van der Waals surface area contributed by atoms with E-state index in [1.165, 1.54) is 17.6 Å². The summed E-state index contributed by atoms with van der Waals surface area (Å²) in [5, 5.41) is 9.79. The topological polar surface area (TPSA) is 114 Å². The Labute approximate surface area is 118 Å². The molecule has 0 fully saturated rings. The molecule has 1 aromatic heterocycles. The lowest BCUT2D eigenvalue weighted by atomic mass is 10.3. The smallest absolute Gasteiger partial charge is 0.204 e. The SMILES string of the molecule is COc1ccc2sc(NN=C3C=NN(N)C3N)nc2c1. The average molecular weight is 291 g/mol. The Morgan fingerprint density at radius 2 is 2.35 bits per heavy atom. The van der Waals surface area contributed by atoms with Crippen molar-refractivity contribution < 1.29 is 4.74 Å². The number of nitrogens with one attached hydrogen (secondary N) is 1. The van der Waals surface area contributed by atoms with Crippen LogP contribution in [0, 0.1) is 0 Å². The second-order valence-electron chi connectivity index (χ2n) is 4.07. The number of ether oxygens (including phenoxy) is 1. The van der Waals surface area contributed by atoms with Gasteiger partial charge in [0.1, 0.15) is 11.5 Å². The van der Waals surface area contributed by atoms with Gasteiger partial charge in [0.15, 0.2) is 6.17 Å². The molecule has 0 saturated heterocycles. The fourth-order valence-corrected chi connectivity index (χ4v) is 2.49. The van der Waals surface area contributed by atoms with Gasteiger partial charge in [-0.15, -0.1) is 0 Å². The van der Waals surface area contributed by atoms with E-state index < -0.39 is 6.17 Å². The molecule has 3 rings (SSSR count). The number of nitrogens with zero attached hydrogens (tertiary/aromatic N) is 4. The zero-order valence-electron chi connectivity index (χ0n) is 10.6. The first kappa shape index (κ1) is 12.8. The van der Waals surface area contributed by atoms with Crippen molar-refractivity contribution in [2.75, 3.05) is 12.5 Å². The Hall–Kier alpha value is -2.23. The summed E-state index contributed by atoms with van der Waals surface area (Å²) in [4.78, 5) is 4.42. The third-order valence-electron chi connectivity index (χ3n) is 2.79. The Morgan fingerprint density at radius 1 is 1.50 bits per heavy atom. The number of methoxy groups -OCH3 is 1. The van der Waals surface area contributed by atoms with Crippen molar-refractivity contribution in [3.05, 3.63) is 18.2 Å². The molecule has 2 aromatic rings. The molecular formula is C11H13N7OS. The zero-order chi connectivity index (χ0) is 14.1. The zero-order valence-corrected chi connectivity index (χ0v) is 11.5. The van der Waals surface area contributed by atoms with Gasteiger partial charge in [-0.2, -0.15) is 10.2 Å². The number of fused-ring (bicyclic) bond motifs is 1. The molecule has 0 amide bonds. The highest BCUT2D eigenvalue weighted by atomic mass is 32.1. The van der Waals surface area contributed by atoms with E-state index in [4.69, 9.17) is 16.3 Å². The summed E-state index contributed by atoms with van der Waals surface area (Å²) in [6.45, 7) is 0. The molecule has 1 aliphatic rings. The molecule has 9 heteroatoms.